The summed E-state index contributed by atoms with van der Waals surface area (Å²) in [5, 5.41) is 2.23. The van der Waals surface area contributed by atoms with Gasteiger partial charge in [-0.2, -0.15) is 0 Å². The van der Waals surface area contributed by atoms with Crippen LogP contribution in [-0.4, -0.2) is 15.0 Å². The molecule has 0 unspecified atom stereocenters. The van der Waals surface area contributed by atoms with Crippen molar-refractivity contribution in [1.82, 2.24) is 15.0 Å². The van der Waals surface area contributed by atoms with Crippen molar-refractivity contribution in [3.05, 3.63) is 201 Å². The number of furan rings is 1. The molecule has 0 amide bonds. The molecule has 0 radical (unpaired) electrons. The lowest BCUT2D eigenvalue weighted by atomic mass is 9.96. The molecule has 4 heteroatoms. The van der Waals surface area contributed by atoms with Gasteiger partial charge < -0.3 is 4.42 Å². The fraction of sp³-hybridized carbons (Fsp3) is 0. The first-order valence-electron chi connectivity index (χ1n) is 18.4. The summed E-state index contributed by atoms with van der Waals surface area (Å²) in [6, 6.07) is 61.8. The van der Waals surface area contributed by atoms with E-state index in [4.69, 9.17) is 9.40 Å². The van der Waals surface area contributed by atoms with E-state index in [0.717, 1.165) is 100 Å². The van der Waals surface area contributed by atoms with Crippen LogP contribution in [0.15, 0.2) is 205 Å². The van der Waals surface area contributed by atoms with Crippen LogP contribution >= 0.6 is 0 Å². The lowest BCUT2D eigenvalue weighted by Gasteiger charge is -2.12. The number of fused-ring (bicyclic) bond motifs is 3. The van der Waals surface area contributed by atoms with E-state index in [1.165, 1.54) is 0 Å². The molecule has 0 aliphatic heterocycles. The summed E-state index contributed by atoms with van der Waals surface area (Å²) >= 11 is 0. The standard InChI is InChI=1S/C51H33N3O/c1-2-6-39(7-3-1)44-8-4-10-46-47-11-5-9-45(51(47)55-50(44)46)40-18-12-36(13-19-40)43-32-48(41-20-14-34(15-21-41)37-24-28-52-29-25-37)54-49(33-43)42-22-16-35(17-23-42)38-26-30-53-31-27-38/h1-33H. The molecular formula is C51H33N3O. The average Bonchev–Trinajstić information content (AvgIpc) is 3.67. The molecule has 0 aliphatic rings. The molecule has 6 aromatic carbocycles. The normalized spacial score (nSPS) is 11.3. The predicted octanol–water partition coefficient (Wildman–Crippen LogP) is 13.4. The second-order valence-electron chi connectivity index (χ2n) is 13.7. The molecule has 4 aromatic heterocycles. The summed E-state index contributed by atoms with van der Waals surface area (Å²) in [4.78, 5) is 13.6. The number of para-hydroxylation sites is 2. The number of nitrogens with zero attached hydrogens (tertiary/aromatic N) is 3. The Morgan fingerprint density at radius 1 is 0.291 bits per heavy atom. The zero-order valence-electron chi connectivity index (χ0n) is 29.8. The van der Waals surface area contributed by atoms with Gasteiger partial charge in [0.15, 0.2) is 0 Å². The topological polar surface area (TPSA) is 51.8 Å². The lowest BCUT2D eigenvalue weighted by Crippen LogP contribution is -1.92. The van der Waals surface area contributed by atoms with Crippen LogP contribution in [0.3, 0.4) is 0 Å². The third-order valence-corrected chi connectivity index (χ3v) is 10.4. The van der Waals surface area contributed by atoms with Gasteiger partial charge in [-0.15, -0.1) is 0 Å². The summed E-state index contributed by atoms with van der Waals surface area (Å²) in [5.41, 5.74) is 16.9. The highest BCUT2D eigenvalue weighted by Crippen LogP contribution is 2.40. The molecule has 55 heavy (non-hydrogen) atoms. The number of aromatic nitrogens is 3. The molecule has 0 aliphatic carbocycles. The smallest absolute Gasteiger partial charge is 0.143 e. The Kier molecular flexibility index (Phi) is 8.12. The summed E-state index contributed by atoms with van der Waals surface area (Å²) in [6.45, 7) is 0. The molecule has 0 atom stereocenters. The van der Waals surface area contributed by atoms with Gasteiger partial charge in [0, 0.05) is 57.8 Å². The van der Waals surface area contributed by atoms with Crippen LogP contribution in [0.5, 0.6) is 0 Å². The van der Waals surface area contributed by atoms with Crippen LogP contribution in [-0.2, 0) is 0 Å². The van der Waals surface area contributed by atoms with Crippen molar-refractivity contribution in [3.8, 4) is 78.1 Å². The Morgan fingerprint density at radius 2 is 0.673 bits per heavy atom. The third kappa shape index (κ3) is 6.16. The molecule has 0 fully saturated rings. The molecule has 4 heterocycles. The maximum atomic E-state index is 6.73. The van der Waals surface area contributed by atoms with E-state index in [1.807, 2.05) is 55.1 Å². The monoisotopic (exact) mass is 703 g/mol. The van der Waals surface area contributed by atoms with Gasteiger partial charge in [-0.3, -0.25) is 9.97 Å². The van der Waals surface area contributed by atoms with Gasteiger partial charge in [0.05, 0.1) is 11.4 Å². The summed E-state index contributed by atoms with van der Waals surface area (Å²) in [7, 11) is 0. The number of benzene rings is 6. The zero-order chi connectivity index (χ0) is 36.6. The van der Waals surface area contributed by atoms with Crippen LogP contribution in [0, 0.1) is 0 Å². The minimum absolute atomic E-state index is 0.896. The van der Waals surface area contributed by atoms with Gasteiger partial charge in [0.25, 0.3) is 0 Å². The number of hydrogen-bond donors (Lipinski definition) is 0. The Hall–Kier alpha value is -7.43. The quantitative estimate of drug-likeness (QED) is 0.166. The van der Waals surface area contributed by atoms with Crippen LogP contribution in [0.1, 0.15) is 0 Å². The van der Waals surface area contributed by atoms with Crippen LogP contribution in [0.25, 0.3) is 100 Å². The van der Waals surface area contributed by atoms with E-state index in [-0.39, 0.29) is 0 Å². The van der Waals surface area contributed by atoms with E-state index in [1.54, 1.807) is 0 Å². The molecular weight excluding hydrogens is 671 g/mol. The van der Waals surface area contributed by atoms with Gasteiger partial charge in [0.1, 0.15) is 11.2 Å². The van der Waals surface area contributed by atoms with Gasteiger partial charge in [-0.1, -0.05) is 140 Å². The molecule has 0 saturated heterocycles. The van der Waals surface area contributed by atoms with E-state index in [9.17, 15) is 0 Å². The van der Waals surface area contributed by atoms with Crippen molar-refractivity contribution in [2.45, 2.75) is 0 Å². The summed E-state index contributed by atoms with van der Waals surface area (Å²) in [5.74, 6) is 0. The van der Waals surface area contributed by atoms with E-state index >= 15 is 0 Å². The highest BCUT2D eigenvalue weighted by molar-refractivity contribution is 6.13. The fourth-order valence-corrected chi connectivity index (χ4v) is 7.48. The maximum Gasteiger partial charge on any atom is 0.143 e. The maximum absolute atomic E-state index is 6.73. The Morgan fingerprint density at radius 3 is 1.15 bits per heavy atom. The first kappa shape index (κ1) is 32.2. The average molecular weight is 704 g/mol. The van der Waals surface area contributed by atoms with Gasteiger partial charge in [-0.25, -0.2) is 4.98 Å². The largest absolute Gasteiger partial charge is 0.455 e. The lowest BCUT2D eigenvalue weighted by molar-refractivity contribution is 0.671. The van der Waals surface area contributed by atoms with E-state index < -0.39 is 0 Å². The highest BCUT2D eigenvalue weighted by atomic mass is 16.3. The minimum Gasteiger partial charge on any atom is -0.455 e. The molecule has 0 bridgehead atoms. The summed E-state index contributed by atoms with van der Waals surface area (Å²) in [6.07, 6.45) is 7.30. The second kappa shape index (κ2) is 13.8. The number of hydrogen-bond acceptors (Lipinski definition) is 4. The van der Waals surface area contributed by atoms with Crippen LogP contribution in [0.2, 0.25) is 0 Å². The zero-order valence-corrected chi connectivity index (χ0v) is 29.8. The summed E-state index contributed by atoms with van der Waals surface area (Å²) < 4.78 is 6.73. The second-order valence-corrected chi connectivity index (χ2v) is 13.7. The van der Waals surface area contributed by atoms with Crippen molar-refractivity contribution >= 4 is 21.9 Å². The molecule has 10 rings (SSSR count). The fourth-order valence-electron chi connectivity index (χ4n) is 7.48. The van der Waals surface area contributed by atoms with Crippen molar-refractivity contribution in [1.29, 1.82) is 0 Å². The van der Waals surface area contributed by atoms with Gasteiger partial charge in [0.2, 0.25) is 0 Å². The molecule has 0 N–H and O–H groups in total. The Bertz CT molecular complexity index is 2820. The van der Waals surface area contributed by atoms with E-state index in [0.29, 0.717) is 0 Å². The van der Waals surface area contributed by atoms with Crippen molar-refractivity contribution in [3.63, 3.8) is 0 Å². The predicted molar refractivity (Wildman–Crippen MR) is 225 cm³/mol. The Balaban J connectivity index is 1.04. The molecule has 0 spiro atoms. The van der Waals surface area contributed by atoms with Gasteiger partial charge in [-0.05, 0) is 80.9 Å². The first-order valence-corrected chi connectivity index (χ1v) is 18.4. The van der Waals surface area contributed by atoms with Crippen molar-refractivity contribution in [2.24, 2.45) is 0 Å². The van der Waals surface area contributed by atoms with Gasteiger partial charge >= 0.3 is 0 Å². The molecule has 4 nitrogen and oxygen atoms in total. The number of pyridine rings is 3. The Labute approximate surface area is 319 Å². The molecule has 258 valence electrons. The van der Waals surface area contributed by atoms with Crippen molar-refractivity contribution in [2.75, 3.05) is 0 Å². The highest BCUT2D eigenvalue weighted by Gasteiger charge is 2.16. The first-order chi connectivity index (χ1) is 27.2. The third-order valence-electron chi connectivity index (χ3n) is 10.4. The minimum atomic E-state index is 0.896. The SMILES string of the molecule is c1ccc(-c2cccc3c2oc2c(-c4ccc(-c5cc(-c6ccc(-c7ccncc7)cc6)nc(-c6ccc(-c7ccncc7)cc6)c5)cc4)cccc23)cc1. The van der Waals surface area contributed by atoms with Crippen molar-refractivity contribution < 1.29 is 4.42 Å². The van der Waals surface area contributed by atoms with Crippen LogP contribution in [0.4, 0.5) is 0 Å². The molecule has 10 aromatic rings. The van der Waals surface area contributed by atoms with Crippen LogP contribution < -0.4 is 0 Å². The van der Waals surface area contributed by atoms with E-state index in [2.05, 4.69) is 156 Å². The molecule has 0 saturated carbocycles. The number of rotatable bonds is 7.